The molecular formula is C17H27N3O3. The van der Waals surface area contributed by atoms with Gasteiger partial charge in [-0.05, 0) is 45.1 Å². The number of ether oxygens (including phenoxy) is 1. The molecule has 0 spiro atoms. The Hall–Kier alpha value is -1.40. The van der Waals surface area contributed by atoms with Gasteiger partial charge in [-0.15, -0.1) is 0 Å². The average molecular weight is 321 g/mol. The number of aliphatic hydroxyl groups excluding tert-OH is 1. The maximum absolute atomic E-state index is 12.7. The number of amides is 1. The zero-order valence-electron chi connectivity index (χ0n) is 14.3. The minimum atomic E-state index is -0.326. The van der Waals surface area contributed by atoms with Gasteiger partial charge in [0, 0.05) is 32.2 Å². The summed E-state index contributed by atoms with van der Waals surface area (Å²) in [7, 11) is 1.73. The zero-order chi connectivity index (χ0) is 16.6. The Bertz CT molecular complexity index is 586. The molecule has 2 fully saturated rings. The van der Waals surface area contributed by atoms with Gasteiger partial charge in [0.05, 0.1) is 23.4 Å². The fourth-order valence-electron chi connectivity index (χ4n) is 4.12. The fourth-order valence-corrected chi connectivity index (χ4v) is 4.12. The minimum Gasteiger partial charge on any atom is -0.393 e. The fraction of sp³-hybridized carbons (Fsp3) is 0.765. The number of carbonyl (C=O) groups excluding carboxylic acids is 1. The number of aryl methyl sites for hydroxylation is 2. The Labute approximate surface area is 137 Å². The molecule has 2 heterocycles. The van der Waals surface area contributed by atoms with Gasteiger partial charge in [-0.3, -0.25) is 9.89 Å². The summed E-state index contributed by atoms with van der Waals surface area (Å²) in [6.45, 7) is 4.75. The number of nitrogens with one attached hydrogen (secondary N) is 1. The number of aliphatic hydroxyl groups is 1. The van der Waals surface area contributed by atoms with Crippen molar-refractivity contribution in [3.8, 4) is 0 Å². The molecule has 0 unspecified atom stereocenters. The highest BCUT2D eigenvalue weighted by molar-refractivity contribution is 5.77. The van der Waals surface area contributed by atoms with E-state index in [-0.39, 0.29) is 23.7 Å². The zero-order valence-corrected chi connectivity index (χ0v) is 14.3. The van der Waals surface area contributed by atoms with Crippen molar-refractivity contribution in [3.63, 3.8) is 0 Å². The van der Waals surface area contributed by atoms with Gasteiger partial charge in [0.2, 0.25) is 5.91 Å². The molecule has 1 aliphatic heterocycles. The molecule has 1 aromatic heterocycles. The van der Waals surface area contributed by atoms with Crippen LogP contribution in [0.15, 0.2) is 0 Å². The number of hydrogen-bond donors (Lipinski definition) is 2. The van der Waals surface area contributed by atoms with E-state index in [9.17, 15) is 9.90 Å². The molecule has 6 heteroatoms. The van der Waals surface area contributed by atoms with Gasteiger partial charge in [-0.25, -0.2) is 0 Å². The van der Waals surface area contributed by atoms with Crippen molar-refractivity contribution in [2.75, 3.05) is 13.7 Å². The van der Waals surface area contributed by atoms with Crippen LogP contribution in [0.1, 0.15) is 49.1 Å². The maximum atomic E-state index is 12.7. The average Bonchev–Trinajstić information content (AvgIpc) is 3.07. The van der Waals surface area contributed by atoms with Crippen LogP contribution < -0.4 is 0 Å². The van der Waals surface area contributed by atoms with E-state index in [2.05, 4.69) is 10.2 Å². The predicted molar refractivity (Wildman–Crippen MR) is 86.1 cm³/mol. The van der Waals surface area contributed by atoms with Crippen molar-refractivity contribution >= 4 is 5.91 Å². The first kappa shape index (κ1) is 16.5. The van der Waals surface area contributed by atoms with Gasteiger partial charge in [0.25, 0.3) is 0 Å². The molecule has 1 aliphatic carbocycles. The van der Waals surface area contributed by atoms with Crippen LogP contribution in [0.25, 0.3) is 0 Å². The molecule has 2 N–H and O–H groups in total. The van der Waals surface area contributed by atoms with Crippen molar-refractivity contribution < 1.29 is 14.6 Å². The molecule has 6 nitrogen and oxygen atoms in total. The lowest BCUT2D eigenvalue weighted by atomic mass is 9.79. The Morgan fingerprint density at radius 3 is 2.91 bits per heavy atom. The monoisotopic (exact) mass is 321 g/mol. The van der Waals surface area contributed by atoms with E-state index in [0.717, 1.165) is 42.8 Å². The number of fused-ring (bicyclic) bond motifs is 1. The van der Waals surface area contributed by atoms with Crippen LogP contribution in [0.5, 0.6) is 0 Å². The summed E-state index contributed by atoms with van der Waals surface area (Å²) in [5, 5.41) is 17.3. The van der Waals surface area contributed by atoms with Gasteiger partial charge in [0.1, 0.15) is 0 Å². The molecule has 1 amide bonds. The number of methoxy groups -OCH3 is 1. The molecule has 1 saturated heterocycles. The molecular weight excluding hydrogens is 294 g/mol. The number of aromatic nitrogens is 2. The van der Waals surface area contributed by atoms with Crippen LogP contribution in [0, 0.1) is 13.8 Å². The number of nitrogens with zero attached hydrogens (tertiary/aromatic N) is 2. The first-order chi connectivity index (χ1) is 11.0. The van der Waals surface area contributed by atoms with Crippen molar-refractivity contribution in [1.82, 2.24) is 15.1 Å². The quantitative estimate of drug-likeness (QED) is 0.881. The normalized spacial score (nSPS) is 30.5. The van der Waals surface area contributed by atoms with Crippen molar-refractivity contribution in [2.24, 2.45) is 0 Å². The number of hydrogen-bond acceptors (Lipinski definition) is 4. The van der Waals surface area contributed by atoms with E-state index >= 15 is 0 Å². The number of aromatic amines is 1. The second-order valence-electron chi connectivity index (χ2n) is 6.97. The first-order valence-electron chi connectivity index (χ1n) is 8.50. The van der Waals surface area contributed by atoms with Crippen molar-refractivity contribution in [3.05, 3.63) is 17.0 Å². The predicted octanol–water partition coefficient (Wildman–Crippen LogP) is 1.49. The number of likely N-dealkylation sites (tertiary alicyclic amines) is 1. The molecule has 0 aromatic carbocycles. The molecule has 2 aliphatic rings. The number of carbonyl (C=O) groups is 1. The van der Waals surface area contributed by atoms with Crippen LogP contribution in [0.4, 0.5) is 0 Å². The van der Waals surface area contributed by atoms with Crippen LogP contribution in [0.3, 0.4) is 0 Å². The summed E-state index contributed by atoms with van der Waals surface area (Å²) in [6.07, 6.45) is 3.87. The molecule has 1 aromatic rings. The van der Waals surface area contributed by atoms with E-state index in [1.807, 2.05) is 18.7 Å². The van der Waals surface area contributed by atoms with Gasteiger partial charge in [0.15, 0.2) is 0 Å². The summed E-state index contributed by atoms with van der Waals surface area (Å²) < 4.78 is 5.79. The van der Waals surface area contributed by atoms with E-state index in [1.165, 1.54) is 0 Å². The molecule has 23 heavy (non-hydrogen) atoms. The summed E-state index contributed by atoms with van der Waals surface area (Å²) in [5.74, 6) is 0.142. The molecule has 1 saturated carbocycles. The molecule has 3 atom stereocenters. The summed E-state index contributed by atoms with van der Waals surface area (Å²) in [6, 6.07) is 0.00534. The maximum Gasteiger partial charge on any atom is 0.223 e. The highest BCUT2D eigenvalue weighted by Gasteiger charge is 2.52. The van der Waals surface area contributed by atoms with Crippen LogP contribution in [-0.2, 0) is 16.0 Å². The first-order valence-corrected chi connectivity index (χ1v) is 8.50. The standard InChI is InChI=1S/C17H27N3O3/c1-11-12(2)18-19-14(11)4-5-16(22)20-9-8-17(23-3)7-6-13(21)10-15(17)20/h13,15,21H,4-10H2,1-3H3,(H,18,19)/t13-,15+,17-/m1/s1. The third kappa shape index (κ3) is 2.90. The van der Waals surface area contributed by atoms with E-state index < -0.39 is 0 Å². The Morgan fingerprint density at radius 2 is 2.26 bits per heavy atom. The summed E-state index contributed by atoms with van der Waals surface area (Å²) >= 11 is 0. The van der Waals surface area contributed by atoms with E-state index in [0.29, 0.717) is 19.3 Å². The minimum absolute atomic E-state index is 0.00534. The van der Waals surface area contributed by atoms with Gasteiger partial charge in [-0.1, -0.05) is 0 Å². The molecule has 128 valence electrons. The second-order valence-corrected chi connectivity index (χ2v) is 6.97. The summed E-state index contributed by atoms with van der Waals surface area (Å²) in [5.41, 5.74) is 2.91. The summed E-state index contributed by atoms with van der Waals surface area (Å²) in [4.78, 5) is 14.6. The van der Waals surface area contributed by atoms with Crippen LogP contribution in [0.2, 0.25) is 0 Å². The van der Waals surface area contributed by atoms with Crippen molar-refractivity contribution in [2.45, 2.75) is 70.1 Å². The topological polar surface area (TPSA) is 78.5 Å². The third-order valence-corrected chi connectivity index (χ3v) is 5.81. The van der Waals surface area contributed by atoms with Gasteiger partial charge < -0.3 is 14.7 Å². The third-order valence-electron chi connectivity index (χ3n) is 5.81. The Morgan fingerprint density at radius 1 is 1.48 bits per heavy atom. The Balaban J connectivity index is 1.66. The van der Waals surface area contributed by atoms with Crippen LogP contribution >= 0.6 is 0 Å². The number of H-pyrrole nitrogens is 1. The highest BCUT2D eigenvalue weighted by Crippen LogP contribution is 2.42. The Kier molecular flexibility index (Phi) is 4.47. The molecule has 3 rings (SSSR count). The second kappa shape index (κ2) is 6.24. The lowest BCUT2D eigenvalue weighted by molar-refractivity contribution is -0.139. The smallest absolute Gasteiger partial charge is 0.223 e. The van der Waals surface area contributed by atoms with Crippen LogP contribution in [-0.4, -0.2) is 57.5 Å². The van der Waals surface area contributed by atoms with Gasteiger partial charge >= 0.3 is 0 Å². The van der Waals surface area contributed by atoms with Gasteiger partial charge in [-0.2, -0.15) is 5.10 Å². The lowest BCUT2D eigenvalue weighted by Crippen LogP contribution is -2.52. The highest BCUT2D eigenvalue weighted by atomic mass is 16.5. The SMILES string of the molecule is CO[C@@]12CC[C@@H](O)C[C@@H]1N(C(=O)CCc1n[nH]c(C)c1C)CC2. The van der Waals surface area contributed by atoms with Crippen molar-refractivity contribution in [1.29, 1.82) is 0 Å². The van der Waals surface area contributed by atoms with E-state index in [4.69, 9.17) is 4.74 Å². The molecule has 0 radical (unpaired) electrons. The molecule has 0 bridgehead atoms. The van der Waals surface area contributed by atoms with E-state index in [1.54, 1.807) is 7.11 Å². The largest absolute Gasteiger partial charge is 0.393 e. The number of rotatable bonds is 4. The lowest BCUT2D eigenvalue weighted by Gasteiger charge is -2.42.